The van der Waals surface area contributed by atoms with E-state index in [9.17, 15) is 4.79 Å². The minimum atomic E-state index is -1.94. The molecule has 2 bridgehead atoms. The maximum Gasteiger partial charge on any atom is 0.410 e. The average molecular weight is 957 g/mol. The van der Waals surface area contributed by atoms with Gasteiger partial charge in [-0.1, -0.05) is 60.1 Å². The highest BCUT2D eigenvalue weighted by Gasteiger charge is 2.46. The van der Waals surface area contributed by atoms with Crippen LogP contribution in [0.1, 0.15) is 83.8 Å². The molecule has 0 radical (unpaired) electrons. The summed E-state index contributed by atoms with van der Waals surface area (Å²) in [5.74, 6) is 1.10. The first kappa shape index (κ1) is 45.7. The Balaban J connectivity index is 1.54. The lowest BCUT2D eigenvalue weighted by molar-refractivity contribution is 0.00565. The van der Waals surface area contributed by atoms with Crippen LogP contribution in [0, 0.1) is 3.57 Å². The van der Waals surface area contributed by atoms with Crippen molar-refractivity contribution in [3.63, 3.8) is 0 Å². The van der Waals surface area contributed by atoms with Gasteiger partial charge in [-0.15, -0.1) is 11.3 Å². The van der Waals surface area contributed by atoms with Crippen LogP contribution in [0.4, 0.5) is 10.6 Å². The van der Waals surface area contributed by atoms with Crippen LogP contribution in [-0.2, 0) is 25.2 Å². The SMILES string of the molecule is CC(C)(C)OC(=O)N1[C@@H]2CC[C@H]1C[C@@H](c1nc3c(-c4cnc(CO[Si](C)(C)C(C)(C)C)s4)cnn3c(N(COCC[Si](C)(C)C)COCC[Si](C)(C)C)c1I)C2. The first-order valence-corrected chi connectivity index (χ1v) is 32.6. The Labute approximate surface area is 357 Å². The van der Waals surface area contributed by atoms with Crippen LogP contribution in [0.5, 0.6) is 0 Å². The molecule has 0 aliphatic carbocycles. The summed E-state index contributed by atoms with van der Waals surface area (Å²) in [6.45, 7) is 34.1. The molecular weight excluding hydrogens is 888 g/mol. The van der Waals surface area contributed by atoms with E-state index in [0.29, 0.717) is 33.3 Å². The van der Waals surface area contributed by atoms with Gasteiger partial charge >= 0.3 is 6.09 Å². The first-order valence-electron chi connectivity index (χ1n) is 20.4. The zero-order valence-electron chi connectivity index (χ0n) is 36.7. The first-order chi connectivity index (χ1) is 25.8. The van der Waals surface area contributed by atoms with Gasteiger partial charge in [0.05, 0.1) is 32.5 Å². The highest BCUT2D eigenvalue weighted by Crippen LogP contribution is 2.46. The number of hydrogen-bond acceptors (Lipinski definition) is 10. The third-order valence-electron chi connectivity index (χ3n) is 11.3. The molecule has 0 spiro atoms. The van der Waals surface area contributed by atoms with E-state index < -0.39 is 30.1 Å². The monoisotopic (exact) mass is 956 g/mol. The largest absolute Gasteiger partial charge is 0.444 e. The summed E-state index contributed by atoms with van der Waals surface area (Å²) in [5.41, 5.74) is 2.27. The van der Waals surface area contributed by atoms with E-state index in [1.165, 1.54) is 0 Å². The zero-order valence-corrected chi connectivity index (χ0v) is 42.6. The Morgan fingerprint density at radius 1 is 0.911 bits per heavy atom. The number of fused-ring (bicyclic) bond motifs is 3. The van der Waals surface area contributed by atoms with Crippen LogP contribution in [0.2, 0.25) is 69.5 Å². The van der Waals surface area contributed by atoms with E-state index in [-0.39, 0.29) is 29.1 Å². The molecule has 0 unspecified atom stereocenters. The van der Waals surface area contributed by atoms with Crippen molar-refractivity contribution in [3.8, 4) is 10.4 Å². The number of aromatic nitrogens is 4. The number of hydrogen-bond donors (Lipinski definition) is 0. The summed E-state index contributed by atoms with van der Waals surface area (Å²) in [7, 11) is -4.52. The highest BCUT2D eigenvalue weighted by molar-refractivity contribution is 14.1. The average Bonchev–Trinajstić information content (AvgIpc) is 3.76. The van der Waals surface area contributed by atoms with Crippen molar-refractivity contribution in [3.05, 3.63) is 26.7 Å². The van der Waals surface area contributed by atoms with Crippen molar-refractivity contribution in [2.24, 2.45) is 0 Å². The van der Waals surface area contributed by atoms with Gasteiger partial charge < -0.3 is 28.4 Å². The second kappa shape index (κ2) is 17.7. The smallest absolute Gasteiger partial charge is 0.410 e. The van der Waals surface area contributed by atoms with E-state index in [1.807, 2.05) is 42.6 Å². The summed E-state index contributed by atoms with van der Waals surface area (Å²) in [5, 5.41) is 6.10. The second-order valence-corrected chi connectivity index (χ2v) is 39.0. The van der Waals surface area contributed by atoms with E-state index in [4.69, 9.17) is 33.7 Å². The molecule has 5 rings (SSSR count). The van der Waals surface area contributed by atoms with Crippen molar-refractivity contribution in [1.82, 2.24) is 24.5 Å². The summed E-state index contributed by atoms with van der Waals surface area (Å²) in [6, 6.07) is 2.41. The minimum Gasteiger partial charge on any atom is -0.444 e. The molecule has 56 heavy (non-hydrogen) atoms. The van der Waals surface area contributed by atoms with Crippen LogP contribution < -0.4 is 4.90 Å². The molecule has 0 saturated carbocycles. The lowest BCUT2D eigenvalue weighted by Crippen LogP contribution is -2.48. The molecule has 0 aromatic carbocycles. The number of nitrogens with zero attached hydrogens (tertiary/aromatic N) is 6. The summed E-state index contributed by atoms with van der Waals surface area (Å²) < 4.78 is 28.4. The number of carbonyl (C=O) groups excluding carboxylic acids is 1. The number of halogens is 1. The van der Waals surface area contributed by atoms with Gasteiger partial charge in [0.1, 0.15) is 24.1 Å². The molecule has 16 heteroatoms. The number of thiazole rings is 1. The molecule has 3 aromatic heterocycles. The lowest BCUT2D eigenvalue weighted by Gasteiger charge is -2.39. The van der Waals surface area contributed by atoms with Crippen LogP contribution in [0.15, 0.2) is 12.4 Å². The molecule has 2 fully saturated rings. The molecule has 1 amide bonds. The molecule has 2 aliphatic rings. The van der Waals surface area contributed by atoms with Gasteiger partial charge in [0.25, 0.3) is 0 Å². The maximum absolute atomic E-state index is 13.4. The normalized spacial score (nSPS) is 19.6. The standard InChI is InChI=1S/C40H69IN6O5SSi3/c1-39(2,3)52-38(48)46-29-15-16-30(46)22-28(21-29)35-34(41)37(45(26-49-17-19-54(7,8)9)27-50-18-20-55(10,11)12)47-36(44-35)31(23-43-47)32-24-42-33(53-32)25-51-56(13,14)40(4,5)6/h23-24,28-30H,15-22,25-27H2,1-14H3/t28-,29+,30-. The van der Waals surface area contributed by atoms with Gasteiger partial charge in [0.15, 0.2) is 19.8 Å². The van der Waals surface area contributed by atoms with E-state index in [2.05, 4.69) is 101 Å². The van der Waals surface area contributed by atoms with Crippen molar-refractivity contribution >= 4 is 76.0 Å². The van der Waals surface area contributed by atoms with Crippen LogP contribution in [0.3, 0.4) is 0 Å². The van der Waals surface area contributed by atoms with E-state index in [0.717, 1.165) is 73.9 Å². The number of anilines is 1. The number of carbonyl (C=O) groups is 1. The quantitative estimate of drug-likeness (QED) is 0.0601. The van der Waals surface area contributed by atoms with Gasteiger partial charge in [0.2, 0.25) is 0 Å². The minimum absolute atomic E-state index is 0.117. The van der Waals surface area contributed by atoms with Gasteiger partial charge in [-0.2, -0.15) is 9.61 Å². The Kier molecular flexibility index (Phi) is 14.4. The van der Waals surface area contributed by atoms with Crippen molar-refractivity contribution in [2.75, 3.05) is 31.6 Å². The van der Waals surface area contributed by atoms with Crippen LogP contribution in [0.25, 0.3) is 16.1 Å². The fourth-order valence-electron chi connectivity index (χ4n) is 6.93. The number of piperidine rings is 1. The van der Waals surface area contributed by atoms with Gasteiger partial charge in [-0.25, -0.2) is 14.8 Å². The Morgan fingerprint density at radius 2 is 1.48 bits per heavy atom. The van der Waals surface area contributed by atoms with Gasteiger partial charge in [0, 0.05) is 53.6 Å². The summed E-state index contributed by atoms with van der Waals surface area (Å²) >= 11 is 4.14. The van der Waals surface area contributed by atoms with E-state index in [1.54, 1.807) is 11.3 Å². The Bertz CT molecular complexity index is 1780. The fraction of sp³-hybridized carbons (Fsp3) is 0.750. The van der Waals surface area contributed by atoms with Crippen molar-refractivity contribution < 1.29 is 23.4 Å². The Hall–Kier alpha value is -1.42. The summed E-state index contributed by atoms with van der Waals surface area (Å²) in [4.78, 5) is 29.0. The predicted molar refractivity (Wildman–Crippen MR) is 246 cm³/mol. The molecule has 2 saturated heterocycles. The molecule has 3 aromatic rings. The lowest BCUT2D eigenvalue weighted by atomic mass is 9.88. The molecule has 3 atom stereocenters. The van der Waals surface area contributed by atoms with Crippen LogP contribution >= 0.6 is 33.9 Å². The molecule has 5 heterocycles. The molecule has 2 aliphatic heterocycles. The maximum atomic E-state index is 13.4. The third kappa shape index (κ3) is 11.7. The van der Waals surface area contributed by atoms with E-state index >= 15 is 0 Å². The fourth-order valence-corrected chi connectivity index (χ4v) is 11.4. The zero-order chi connectivity index (χ0) is 41.4. The summed E-state index contributed by atoms with van der Waals surface area (Å²) in [6.07, 6.45) is 7.32. The van der Waals surface area contributed by atoms with Gasteiger partial charge in [-0.05, 0) is 99.3 Å². The third-order valence-corrected chi connectivity index (χ3v) is 21.2. The highest BCUT2D eigenvalue weighted by atomic mass is 127. The molecular formula is C40H69IN6O5SSi3. The van der Waals surface area contributed by atoms with Crippen molar-refractivity contribution in [2.45, 2.75) is 167 Å². The topological polar surface area (TPSA) is 104 Å². The molecule has 314 valence electrons. The molecule has 11 nitrogen and oxygen atoms in total. The Morgan fingerprint density at radius 3 is 2.00 bits per heavy atom. The second-order valence-electron chi connectivity index (χ2n) is 20.8. The van der Waals surface area contributed by atoms with Crippen molar-refractivity contribution in [1.29, 1.82) is 0 Å². The van der Waals surface area contributed by atoms with Crippen LogP contribution in [-0.4, -0.2) is 99.4 Å². The number of rotatable bonds is 16. The molecule has 0 N–H and O–H groups in total. The van der Waals surface area contributed by atoms with Gasteiger partial charge in [-0.3, -0.25) is 0 Å². The number of ether oxygens (including phenoxy) is 3. The number of amides is 1. The predicted octanol–water partition coefficient (Wildman–Crippen LogP) is 11.1.